The van der Waals surface area contributed by atoms with Crippen LogP contribution in [0.25, 0.3) is 0 Å². The fourth-order valence-electron chi connectivity index (χ4n) is 1.07. The molecule has 2 N–H and O–H groups in total. The average Bonchev–Trinajstić information content (AvgIpc) is 2.33. The molecule has 0 spiro atoms. The highest BCUT2D eigenvalue weighted by Crippen LogP contribution is 2.00. The summed E-state index contributed by atoms with van der Waals surface area (Å²) in [4.78, 5) is 32.7. The van der Waals surface area contributed by atoms with Crippen molar-refractivity contribution in [2.24, 2.45) is 0 Å². The van der Waals surface area contributed by atoms with E-state index in [1.807, 2.05) is 0 Å². The summed E-state index contributed by atoms with van der Waals surface area (Å²) in [7, 11) is 0. The van der Waals surface area contributed by atoms with Crippen LogP contribution in [0.1, 0.15) is 13.8 Å². The Balaban J connectivity index is 4.77. The van der Waals surface area contributed by atoms with E-state index in [-0.39, 0.29) is 13.2 Å². The number of rotatable bonds is 9. The van der Waals surface area contributed by atoms with Gasteiger partial charge in [-0.2, -0.15) is 0 Å². The Morgan fingerprint density at radius 1 is 1.05 bits per heavy atom. The number of carboxylic acid groups (broad SMARTS) is 2. The third-order valence-electron chi connectivity index (χ3n) is 1.85. The minimum absolute atomic E-state index is 0.273. The minimum Gasteiger partial charge on any atom is -0.477 e. The molecule has 106 valence electrons. The normalized spacial score (nSPS) is 10.7. The van der Waals surface area contributed by atoms with Crippen LogP contribution in [-0.4, -0.2) is 47.4 Å². The van der Waals surface area contributed by atoms with E-state index in [1.54, 1.807) is 13.8 Å². The summed E-state index contributed by atoms with van der Waals surface area (Å²) >= 11 is 0. The number of hydrogen-bond acceptors (Lipinski definition) is 5. The maximum Gasteiger partial charge on any atom is 0.343 e. The lowest BCUT2D eigenvalue weighted by Gasteiger charge is -2.13. The van der Waals surface area contributed by atoms with Crippen LogP contribution >= 0.6 is 0 Å². The summed E-state index contributed by atoms with van der Waals surface area (Å²) in [6.07, 6.45) is 1.78. The molecule has 0 rings (SSSR count). The second kappa shape index (κ2) is 9.01. The Kier molecular flexibility index (Phi) is 8.07. The number of aliphatic carboxylic acids is 2. The summed E-state index contributed by atoms with van der Waals surface area (Å²) < 4.78 is 10.0. The summed E-state index contributed by atoms with van der Waals surface area (Å²) in [5, 5.41) is 17.1. The van der Waals surface area contributed by atoms with Gasteiger partial charge in [0.2, 0.25) is 12.1 Å². The molecule has 0 atom stereocenters. The van der Waals surface area contributed by atoms with Crippen LogP contribution < -0.4 is 0 Å². The second-order valence-corrected chi connectivity index (χ2v) is 3.19. The van der Waals surface area contributed by atoms with E-state index < -0.39 is 29.6 Å². The molecule has 0 aromatic rings. The van der Waals surface area contributed by atoms with Gasteiger partial charge in [0.25, 0.3) is 0 Å². The van der Waals surface area contributed by atoms with E-state index in [1.165, 1.54) is 0 Å². The molecule has 0 heterocycles. The zero-order valence-electron chi connectivity index (χ0n) is 10.7. The van der Waals surface area contributed by atoms with Crippen molar-refractivity contribution in [3.63, 3.8) is 0 Å². The van der Waals surface area contributed by atoms with E-state index in [0.29, 0.717) is 0 Å². The molecule has 0 radical (unpaired) electrons. The molecule has 0 saturated heterocycles. The summed E-state index contributed by atoms with van der Waals surface area (Å²) in [5.74, 6) is -3.71. The number of carboxylic acids is 2. The van der Waals surface area contributed by atoms with Crippen LogP contribution in [0.2, 0.25) is 0 Å². The van der Waals surface area contributed by atoms with E-state index >= 15 is 0 Å². The Morgan fingerprint density at radius 3 is 1.89 bits per heavy atom. The molecule has 7 heteroatoms. The number of carbonyl (C=O) groups is 3. The molecular formula is C12H16O7. The maximum atomic E-state index is 11.6. The van der Waals surface area contributed by atoms with Crippen LogP contribution in [0, 0.1) is 0 Å². The minimum atomic E-state index is -1.59. The van der Waals surface area contributed by atoms with Gasteiger partial charge in [-0.05, 0) is 26.0 Å². The molecule has 0 aliphatic rings. The van der Waals surface area contributed by atoms with Gasteiger partial charge in [-0.25, -0.2) is 9.59 Å². The molecular weight excluding hydrogens is 256 g/mol. The van der Waals surface area contributed by atoms with E-state index in [4.69, 9.17) is 19.7 Å². The highest BCUT2D eigenvalue weighted by molar-refractivity contribution is 6.12. The largest absolute Gasteiger partial charge is 0.477 e. The summed E-state index contributed by atoms with van der Waals surface area (Å²) in [5.41, 5.74) is -0.839. The highest BCUT2D eigenvalue weighted by atomic mass is 16.7. The predicted molar refractivity (Wildman–Crippen MR) is 64.5 cm³/mol. The van der Waals surface area contributed by atoms with Crippen LogP contribution in [-0.2, 0) is 23.9 Å². The molecule has 0 aromatic carbocycles. The third-order valence-corrected chi connectivity index (χ3v) is 1.85. The molecule has 0 fully saturated rings. The molecule has 7 nitrogen and oxygen atoms in total. The van der Waals surface area contributed by atoms with Gasteiger partial charge in [-0.1, -0.05) is 6.08 Å². The molecule has 0 amide bonds. The van der Waals surface area contributed by atoms with E-state index in [9.17, 15) is 14.4 Å². The fraction of sp³-hybridized carbons (Fsp3) is 0.417. The molecule has 0 aliphatic carbocycles. The zero-order valence-corrected chi connectivity index (χ0v) is 10.7. The lowest BCUT2D eigenvalue weighted by atomic mass is 10.2. The summed E-state index contributed by atoms with van der Waals surface area (Å²) in [6, 6.07) is 0. The number of ketones is 1. The van der Waals surface area contributed by atoms with Gasteiger partial charge in [-0.15, -0.1) is 0 Å². The number of allylic oxidation sites excluding steroid dienone is 2. The highest BCUT2D eigenvalue weighted by Gasteiger charge is 2.16. The summed E-state index contributed by atoms with van der Waals surface area (Å²) in [6.45, 7) is 3.93. The first-order chi connectivity index (χ1) is 8.93. The first-order valence-corrected chi connectivity index (χ1v) is 5.56. The van der Waals surface area contributed by atoms with Gasteiger partial charge in [0.15, 0.2) is 0 Å². The van der Waals surface area contributed by atoms with Gasteiger partial charge < -0.3 is 19.7 Å². The first kappa shape index (κ1) is 17.0. The van der Waals surface area contributed by atoms with Crippen LogP contribution in [0.3, 0.4) is 0 Å². The number of hydrogen-bond donors (Lipinski definition) is 2. The van der Waals surface area contributed by atoms with Crippen molar-refractivity contribution in [1.29, 1.82) is 0 Å². The van der Waals surface area contributed by atoms with Crippen molar-refractivity contribution in [2.45, 2.75) is 20.1 Å². The third kappa shape index (κ3) is 6.49. The standard InChI is InChI=1S/C12H16O7/c1-3-18-12(19-4-2)9(13)7-5-6-8(10(14)15)11(16)17/h5-7,12H,3-4H2,1-2H3,(H,14,15)(H,16,17)/b7-5-. The number of carbonyl (C=O) groups excluding carboxylic acids is 1. The van der Waals surface area contributed by atoms with Crippen molar-refractivity contribution in [2.75, 3.05) is 13.2 Å². The SMILES string of the molecule is CCOC(OCC)C(=O)/C=C\C=C(C(=O)O)C(=O)O. The van der Waals surface area contributed by atoms with Gasteiger partial charge in [-0.3, -0.25) is 4.79 Å². The Bertz CT molecular complexity index is 373. The van der Waals surface area contributed by atoms with Crippen molar-refractivity contribution >= 4 is 17.7 Å². The molecule has 19 heavy (non-hydrogen) atoms. The van der Waals surface area contributed by atoms with Gasteiger partial charge >= 0.3 is 11.9 Å². The van der Waals surface area contributed by atoms with Crippen LogP contribution in [0.15, 0.2) is 23.8 Å². The molecule has 0 aliphatic heterocycles. The second-order valence-electron chi connectivity index (χ2n) is 3.19. The van der Waals surface area contributed by atoms with Crippen molar-refractivity contribution in [1.82, 2.24) is 0 Å². The molecule has 0 unspecified atom stereocenters. The number of ether oxygens (including phenoxy) is 2. The Morgan fingerprint density at radius 2 is 1.53 bits per heavy atom. The van der Waals surface area contributed by atoms with E-state index in [2.05, 4.69) is 0 Å². The lowest BCUT2D eigenvalue weighted by molar-refractivity contribution is -0.162. The van der Waals surface area contributed by atoms with Crippen molar-refractivity contribution in [3.8, 4) is 0 Å². The zero-order chi connectivity index (χ0) is 14.8. The van der Waals surface area contributed by atoms with Crippen LogP contribution in [0.5, 0.6) is 0 Å². The molecule has 0 aromatic heterocycles. The average molecular weight is 272 g/mol. The quantitative estimate of drug-likeness (QED) is 0.208. The van der Waals surface area contributed by atoms with Gasteiger partial charge in [0.1, 0.15) is 5.57 Å². The Labute approximate surface area is 110 Å². The molecule has 0 bridgehead atoms. The Hall–Kier alpha value is -1.99. The van der Waals surface area contributed by atoms with E-state index in [0.717, 1.165) is 18.2 Å². The fourth-order valence-corrected chi connectivity index (χ4v) is 1.07. The smallest absolute Gasteiger partial charge is 0.343 e. The first-order valence-electron chi connectivity index (χ1n) is 5.56. The topological polar surface area (TPSA) is 110 Å². The van der Waals surface area contributed by atoms with Crippen molar-refractivity contribution in [3.05, 3.63) is 23.8 Å². The molecule has 0 saturated carbocycles. The predicted octanol–water partition coefficient (Wildman–Crippen LogP) is 0.606. The monoisotopic (exact) mass is 272 g/mol. The van der Waals surface area contributed by atoms with Gasteiger partial charge in [0.05, 0.1) is 0 Å². The van der Waals surface area contributed by atoms with Crippen LogP contribution in [0.4, 0.5) is 0 Å². The lowest BCUT2D eigenvalue weighted by Crippen LogP contribution is -2.26. The van der Waals surface area contributed by atoms with Gasteiger partial charge in [0, 0.05) is 13.2 Å². The van der Waals surface area contributed by atoms with Crippen molar-refractivity contribution < 1.29 is 34.1 Å². The maximum absolute atomic E-state index is 11.6.